The Morgan fingerprint density at radius 1 is 1.67 bits per heavy atom. The van der Waals surface area contributed by atoms with Gasteiger partial charge in [-0.25, -0.2) is 4.98 Å². The maximum absolute atomic E-state index is 12.5. The summed E-state index contributed by atoms with van der Waals surface area (Å²) in [6.07, 6.45) is 2.06. The van der Waals surface area contributed by atoms with Gasteiger partial charge in [0.25, 0.3) is 0 Å². The lowest BCUT2D eigenvalue weighted by Gasteiger charge is -2.36. The molecule has 1 aromatic rings. The van der Waals surface area contributed by atoms with Gasteiger partial charge in [0, 0.05) is 18.5 Å². The largest absolute Gasteiger partial charge is 0.340 e. The normalized spacial score (nSPS) is 23.9. The van der Waals surface area contributed by atoms with Crippen molar-refractivity contribution in [2.24, 2.45) is 5.41 Å². The number of hydrogen-bond donors (Lipinski definition) is 1. The highest BCUT2D eigenvalue weighted by molar-refractivity contribution is 7.09. The second-order valence-corrected chi connectivity index (χ2v) is 6.30. The van der Waals surface area contributed by atoms with E-state index in [9.17, 15) is 4.79 Å². The van der Waals surface area contributed by atoms with Crippen molar-refractivity contribution in [3.63, 3.8) is 0 Å². The molecule has 0 saturated carbocycles. The Balaban J connectivity index is 2.02. The number of piperidine rings is 1. The fourth-order valence-electron chi connectivity index (χ4n) is 2.46. The lowest BCUT2D eigenvalue weighted by molar-refractivity contribution is -0.141. The number of carbonyl (C=O) groups is 1. The lowest BCUT2D eigenvalue weighted by Crippen LogP contribution is -2.48. The van der Waals surface area contributed by atoms with Crippen molar-refractivity contribution in [3.8, 4) is 0 Å². The Morgan fingerprint density at radius 3 is 3.00 bits per heavy atom. The van der Waals surface area contributed by atoms with Crippen LogP contribution in [0, 0.1) is 12.3 Å². The fraction of sp³-hybridized carbons (Fsp3) is 0.692. The van der Waals surface area contributed by atoms with E-state index in [0.29, 0.717) is 6.54 Å². The first-order valence-corrected chi connectivity index (χ1v) is 7.26. The Labute approximate surface area is 112 Å². The monoisotopic (exact) mass is 267 g/mol. The summed E-state index contributed by atoms with van der Waals surface area (Å²) >= 11 is 1.62. The van der Waals surface area contributed by atoms with Crippen LogP contribution in [-0.2, 0) is 11.3 Å². The van der Waals surface area contributed by atoms with E-state index >= 15 is 0 Å². The van der Waals surface area contributed by atoms with E-state index in [4.69, 9.17) is 0 Å². The molecule has 1 fully saturated rings. The number of amides is 1. The molecule has 2 rings (SSSR count). The number of nitrogens with one attached hydrogen (secondary N) is 1. The van der Waals surface area contributed by atoms with Crippen molar-refractivity contribution >= 4 is 17.2 Å². The quantitative estimate of drug-likeness (QED) is 0.908. The molecule has 5 heteroatoms. The van der Waals surface area contributed by atoms with Crippen molar-refractivity contribution in [2.75, 3.05) is 20.1 Å². The molecule has 1 atom stereocenters. The zero-order valence-electron chi connectivity index (χ0n) is 11.3. The fourth-order valence-corrected chi connectivity index (χ4v) is 3.29. The SMILES string of the molecule is Cc1ncsc1CN(C)C(=O)[C@]1(C)CCCNC1. The number of hydrogen-bond acceptors (Lipinski definition) is 4. The molecule has 0 spiro atoms. The minimum Gasteiger partial charge on any atom is -0.340 e. The van der Waals surface area contributed by atoms with Crippen molar-refractivity contribution in [1.82, 2.24) is 15.2 Å². The number of aromatic nitrogens is 1. The molecular formula is C13H21N3OS. The molecule has 1 amide bonds. The van der Waals surface area contributed by atoms with E-state index in [0.717, 1.165) is 31.6 Å². The molecule has 0 aromatic carbocycles. The van der Waals surface area contributed by atoms with E-state index < -0.39 is 0 Å². The lowest BCUT2D eigenvalue weighted by atomic mass is 9.81. The van der Waals surface area contributed by atoms with Gasteiger partial charge >= 0.3 is 0 Å². The summed E-state index contributed by atoms with van der Waals surface area (Å²) in [6.45, 7) is 6.55. The number of carbonyl (C=O) groups excluding carboxylic acids is 1. The first kappa shape index (κ1) is 13.5. The molecular weight excluding hydrogens is 246 g/mol. The predicted molar refractivity (Wildman–Crippen MR) is 73.5 cm³/mol. The molecule has 100 valence electrons. The third-order valence-electron chi connectivity index (χ3n) is 3.69. The van der Waals surface area contributed by atoms with Gasteiger partial charge in [-0.2, -0.15) is 0 Å². The van der Waals surface area contributed by atoms with Crippen LogP contribution in [0.15, 0.2) is 5.51 Å². The Bertz CT molecular complexity index is 424. The van der Waals surface area contributed by atoms with Crippen LogP contribution < -0.4 is 5.32 Å². The number of thiazole rings is 1. The summed E-state index contributed by atoms with van der Waals surface area (Å²) in [4.78, 5) is 19.8. The first-order valence-electron chi connectivity index (χ1n) is 6.38. The van der Waals surface area contributed by atoms with Crippen LogP contribution in [0.1, 0.15) is 30.3 Å². The first-order chi connectivity index (χ1) is 8.53. The summed E-state index contributed by atoms with van der Waals surface area (Å²) in [5, 5.41) is 3.32. The summed E-state index contributed by atoms with van der Waals surface area (Å²) in [6, 6.07) is 0. The maximum Gasteiger partial charge on any atom is 0.229 e. The highest BCUT2D eigenvalue weighted by Crippen LogP contribution is 2.28. The Hall–Kier alpha value is -0.940. The van der Waals surface area contributed by atoms with Gasteiger partial charge in [0.15, 0.2) is 0 Å². The van der Waals surface area contributed by atoms with Crippen molar-refractivity contribution in [2.45, 2.75) is 33.2 Å². The summed E-state index contributed by atoms with van der Waals surface area (Å²) in [5.41, 5.74) is 2.63. The van der Waals surface area contributed by atoms with Crippen LogP contribution in [0.3, 0.4) is 0 Å². The van der Waals surface area contributed by atoms with E-state index in [1.807, 2.05) is 24.4 Å². The van der Waals surface area contributed by atoms with Gasteiger partial charge in [-0.05, 0) is 33.2 Å². The minimum atomic E-state index is -0.244. The summed E-state index contributed by atoms with van der Waals surface area (Å²) in [7, 11) is 1.89. The smallest absolute Gasteiger partial charge is 0.229 e. The van der Waals surface area contributed by atoms with Gasteiger partial charge < -0.3 is 10.2 Å². The zero-order chi connectivity index (χ0) is 13.2. The molecule has 1 aliphatic rings. The third-order valence-corrected chi connectivity index (χ3v) is 4.61. The highest BCUT2D eigenvalue weighted by atomic mass is 32.1. The van der Waals surface area contributed by atoms with Crippen molar-refractivity contribution in [3.05, 3.63) is 16.1 Å². The molecule has 2 heterocycles. The number of aryl methyl sites for hydroxylation is 1. The molecule has 0 aliphatic carbocycles. The minimum absolute atomic E-state index is 0.238. The van der Waals surface area contributed by atoms with Gasteiger partial charge in [0.1, 0.15) is 0 Å². The van der Waals surface area contributed by atoms with Gasteiger partial charge in [0.2, 0.25) is 5.91 Å². The van der Waals surface area contributed by atoms with E-state index in [1.165, 1.54) is 4.88 Å². The molecule has 1 N–H and O–H groups in total. The average molecular weight is 267 g/mol. The molecule has 1 aromatic heterocycles. The summed E-state index contributed by atoms with van der Waals surface area (Å²) < 4.78 is 0. The van der Waals surface area contributed by atoms with E-state index in [1.54, 1.807) is 11.3 Å². The standard InChI is InChI=1S/C13H21N3OS/c1-10-11(18-9-15-10)7-16(3)12(17)13(2)5-4-6-14-8-13/h9,14H,4-8H2,1-3H3/t13-/m1/s1. The molecule has 0 bridgehead atoms. The maximum atomic E-state index is 12.5. The van der Waals surface area contributed by atoms with Crippen LogP contribution in [0.4, 0.5) is 0 Å². The van der Waals surface area contributed by atoms with Crippen LogP contribution in [0.25, 0.3) is 0 Å². The van der Waals surface area contributed by atoms with Crippen molar-refractivity contribution in [1.29, 1.82) is 0 Å². The third kappa shape index (κ3) is 2.72. The highest BCUT2D eigenvalue weighted by Gasteiger charge is 2.36. The molecule has 1 saturated heterocycles. The van der Waals surface area contributed by atoms with Crippen LogP contribution >= 0.6 is 11.3 Å². The van der Waals surface area contributed by atoms with Gasteiger partial charge in [-0.1, -0.05) is 0 Å². The van der Waals surface area contributed by atoms with Crippen LogP contribution in [-0.4, -0.2) is 35.9 Å². The second kappa shape index (κ2) is 5.36. The van der Waals surface area contributed by atoms with Gasteiger partial charge in [0.05, 0.1) is 23.2 Å². The van der Waals surface area contributed by atoms with E-state index in [-0.39, 0.29) is 11.3 Å². The van der Waals surface area contributed by atoms with Crippen LogP contribution in [0.2, 0.25) is 0 Å². The van der Waals surface area contributed by atoms with Crippen molar-refractivity contribution < 1.29 is 4.79 Å². The molecule has 4 nitrogen and oxygen atoms in total. The number of rotatable bonds is 3. The average Bonchev–Trinajstić information content (AvgIpc) is 2.75. The second-order valence-electron chi connectivity index (χ2n) is 5.36. The number of nitrogens with zero attached hydrogens (tertiary/aromatic N) is 2. The Morgan fingerprint density at radius 2 is 2.44 bits per heavy atom. The van der Waals surface area contributed by atoms with E-state index in [2.05, 4.69) is 17.2 Å². The topological polar surface area (TPSA) is 45.2 Å². The van der Waals surface area contributed by atoms with Crippen LogP contribution in [0.5, 0.6) is 0 Å². The summed E-state index contributed by atoms with van der Waals surface area (Å²) in [5.74, 6) is 0.238. The van der Waals surface area contributed by atoms with Gasteiger partial charge in [-0.15, -0.1) is 11.3 Å². The molecule has 1 aliphatic heterocycles. The molecule has 0 radical (unpaired) electrons. The zero-order valence-corrected chi connectivity index (χ0v) is 12.1. The molecule has 18 heavy (non-hydrogen) atoms. The molecule has 0 unspecified atom stereocenters. The Kier molecular flexibility index (Phi) is 4.02. The van der Waals surface area contributed by atoms with Gasteiger partial charge in [-0.3, -0.25) is 4.79 Å². The predicted octanol–water partition coefficient (Wildman–Crippen LogP) is 1.80.